The van der Waals surface area contributed by atoms with Crippen LogP contribution in [0, 0.1) is 0 Å². The molecule has 0 aliphatic rings. The van der Waals surface area contributed by atoms with Crippen molar-refractivity contribution in [3.63, 3.8) is 0 Å². The summed E-state index contributed by atoms with van der Waals surface area (Å²) < 4.78 is 26.2. The van der Waals surface area contributed by atoms with Crippen LogP contribution in [0.15, 0.2) is 17.3 Å². The first-order chi connectivity index (χ1) is 9.49. The van der Waals surface area contributed by atoms with E-state index in [1.54, 1.807) is 19.9 Å². The van der Waals surface area contributed by atoms with E-state index in [9.17, 15) is 13.2 Å². The molecular formula is C12H16N2O5S. The van der Waals surface area contributed by atoms with Gasteiger partial charge in [-0.25, -0.2) is 18.2 Å². The predicted octanol–water partition coefficient (Wildman–Crippen LogP) is 0.740. The number of aromatic nitrogens is 1. The third-order valence-electron chi connectivity index (χ3n) is 2.36. The molecule has 8 heteroatoms. The molecule has 1 rings (SSSR count). The van der Waals surface area contributed by atoms with Crippen LogP contribution in [0.25, 0.3) is 0 Å². The molecule has 0 unspecified atom stereocenters. The van der Waals surface area contributed by atoms with E-state index in [0.29, 0.717) is 23.6 Å². The van der Waals surface area contributed by atoms with Gasteiger partial charge in [-0.2, -0.15) is 0 Å². The molecule has 7 nitrogen and oxygen atoms in total. The lowest BCUT2D eigenvalue weighted by Crippen LogP contribution is -2.12. The van der Waals surface area contributed by atoms with E-state index in [1.165, 1.54) is 13.2 Å². The van der Waals surface area contributed by atoms with Crippen LogP contribution >= 0.6 is 0 Å². The molecule has 0 fully saturated rings. The van der Waals surface area contributed by atoms with E-state index >= 15 is 0 Å². The number of carbonyl (C=O) groups is 1. The smallest absolute Gasteiger partial charge is 0.356 e. The van der Waals surface area contributed by atoms with Gasteiger partial charge in [0.15, 0.2) is 5.69 Å². The first kappa shape index (κ1) is 16.1. The topological polar surface area (TPSA) is 94.9 Å². The van der Waals surface area contributed by atoms with Crippen molar-refractivity contribution in [2.75, 3.05) is 13.7 Å². The molecule has 0 saturated carbocycles. The number of thiol groups is 1. The normalized spacial score (nSPS) is 11.5. The molecule has 0 amide bonds. The molecule has 0 saturated heterocycles. The minimum Gasteiger partial charge on any atom is -0.464 e. The van der Waals surface area contributed by atoms with Crippen LogP contribution in [0.3, 0.4) is 0 Å². The molecule has 1 aromatic heterocycles. The maximum atomic E-state index is 11.7. The molecule has 0 aliphatic carbocycles. The van der Waals surface area contributed by atoms with Gasteiger partial charge in [0.1, 0.15) is 23.0 Å². The summed E-state index contributed by atoms with van der Waals surface area (Å²) in [5, 5.41) is 3.81. The summed E-state index contributed by atoms with van der Waals surface area (Å²) in [7, 11) is -1.45. The van der Waals surface area contributed by atoms with Crippen LogP contribution in [-0.2, 0) is 26.0 Å². The Morgan fingerprint density at radius 2 is 2.10 bits per heavy atom. The van der Waals surface area contributed by atoms with Gasteiger partial charge in [0.05, 0.1) is 18.6 Å². The number of pyridine rings is 1. The number of hydrogen-bond donors (Lipinski definition) is 1. The molecule has 0 radical (unpaired) electrons. The summed E-state index contributed by atoms with van der Waals surface area (Å²) in [6.07, 6.45) is 0. The number of nitrogens with zero attached hydrogens (tertiary/aromatic N) is 2. The number of ether oxygens (including phenoxy) is 1. The van der Waals surface area contributed by atoms with Gasteiger partial charge >= 0.3 is 5.97 Å². The zero-order chi connectivity index (χ0) is 15.1. The number of methoxy groups -OCH3 is 1. The monoisotopic (exact) mass is 300 g/mol. The van der Waals surface area contributed by atoms with Crippen LogP contribution in [-0.4, -0.2) is 38.8 Å². The van der Waals surface area contributed by atoms with Crippen LogP contribution in [0.5, 0.6) is 0 Å². The number of carbonyl (C=O) groups excluding carboxylic acids is 1. The van der Waals surface area contributed by atoms with Crippen molar-refractivity contribution < 1.29 is 22.8 Å². The quantitative estimate of drug-likeness (QED) is 0.360. The van der Waals surface area contributed by atoms with Gasteiger partial charge in [-0.05, 0) is 19.9 Å². The fourth-order valence-corrected chi connectivity index (χ4v) is 1.97. The fraction of sp³-hybridized carbons (Fsp3) is 0.417. The minimum atomic E-state index is -2.66. The number of hydrogen-bond acceptors (Lipinski definition) is 7. The van der Waals surface area contributed by atoms with Crippen LogP contribution in [0.4, 0.5) is 0 Å². The highest BCUT2D eigenvalue weighted by Crippen LogP contribution is 2.12. The van der Waals surface area contributed by atoms with Crippen LogP contribution < -0.4 is 0 Å². The van der Waals surface area contributed by atoms with Gasteiger partial charge in [-0.3, -0.25) is 0 Å². The summed E-state index contributed by atoms with van der Waals surface area (Å²) >= 11 is 0. The zero-order valence-electron chi connectivity index (χ0n) is 11.5. The summed E-state index contributed by atoms with van der Waals surface area (Å²) in [4.78, 5) is 20.7. The Morgan fingerprint density at radius 3 is 2.65 bits per heavy atom. The number of esters is 1. The lowest BCUT2D eigenvalue weighted by Gasteiger charge is -2.07. The van der Waals surface area contributed by atoms with Gasteiger partial charge < -0.3 is 9.57 Å². The van der Waals surface area contributed by atoms with Crippen molar-refractivity contribution in [2.45, 2.75) is 19.6 Å². The van der Waals surface area contributed by atoms with Crippen molar-refractivity contribution in [2.24, 2.45) is 5.16 Å². The molecule has 110 valence electrons. The first-order valence-electron chi connectivity index (χ1n) is 5.86. The molecule has 1 heterocycles. The van der Waals surface area contributed by atoms with E-state index in [-0.39, 0.29) is 11.4 Å². The third-order valence-corrected chi connectivity index (χ3v) is 2.96. The van der Waals surface area contributed by atoms with E-state index in [0.717, 1.165) is 0 Å². The summed E-state index contributed by atoms with van der Waals surface area (Å²) in [6, 6.07) is 3.10. The molecule has 1 aromatic rings. The molecular weight excluding hydrogens is 284 g/mol. The van der Waals surface area contributed by atoms with Crippen molar-refractivity contribution in [3.8, 4) is 0 Å². The fourth-order valence-electron chi connectivity index (χ4n) is 1.44. The number of rotatable bonds is 6. The largest absolute Gasteiger partial charge is 0.464 e. The van der Waals surface area contributed by atoms with Gasteiger partial charge in [0, 0.05) is 5.56 Å². The zero-order valence-corrected chi connectivity index (χ0v) is 12.3. The number of oxime groups is 1. The van der Waals surface area contributed by atoms with Gasteiger partial charge in [-0.1, -0.05) is 11.2 Å². The van der Waals surface area contributed by atoms with Gasteiger partial charge in [0.25, 0.3) is 0 Å². The second kappa shape index (κ2) is 7.59. The van der Waals surface area contributed by atoms with Crippen molar-refractivity contribution in [1.82, 2.24) is 4.98 Å². The van der Waals surface area contributed by atoms with Crippen molar-refractivity contribution >= 4 is 22.4 Å². The SMILES string of the molecule is CCO/N=C(\C)c1ccc(C[SH](=O)=O)c(C(=O)OC)n1. The lowest BCUT2D eigenvalue weighted by atomic mass is 10.1. The highest BCUT2D eigenvalue weighted by molar-refractivity contribution is 7.71. The summed E-state index contributed by atoms with van der Waals surface area (Å²) in [5.74, 6) is -0.961. The van der Waals surface area contributed by atoms with E-state index in [4.69, 9.17) is 4.84 Å². The first-order valence-corrected chi connectivity index (χ1v) is 7.22. The Balaban J connectivity index is 3.23. The minimum absolute atomic E-state index is 0.0322. The molecule has 0 aromatic carbocycles. The van der Waals surface area contributed by atoms with E-state index in [1.807, 2.05) is 0 Å². The van der Waals surface area contributed by atoms with Crippen LogP contribution in [0.2, 0.25) is 0 Å². The highest BCUT2D eigenvalue weighted by atomic mass is 32.2. The second-order valence-electron chi connectivity index (χ2n) is 3.78. The van der Waals surface area contributed by atoms with Gasteiger partial charge in [0.2, 0.25) is 0 Å². The maximum absolute atomic E-state index is 11.7. The molecule has 0 N–H and O–H groups in total. The predicted molar refractivity (Wildman–Crippen MR) is 73.4 cm³/mol. The van der Waals surface area contributed by atoms with E-state index < -0.39 is 16.7 Å². The Morgan fingerprint density at radius 1 is 1.40 bits per heavy atom. The molecule has 0 aliphatic heterocycles. The standard InChI is InChI=1S/C12H16N2O5S/c1-4-19-14-8(2)10-6-5-9(7-20(16)17)11(13-10)12(15)18-3/h5-6,20H,4,7H2,1-3H3/b14-8+. The Kier molecular flexibility index (Phi) is 6.10. The second-order valence-corrected chi connectivity index (χ2v) is 4.76. The van der Waals surface area contributed by atoms with E-state index in [2.05, 4.69) is 14.9 Å². The maximum Gasteiger partial charge on any atom is 0.356 e. The Labute approximate surface area is 118 Å². The highest BCUT2D eigenvalue weighted by Gasteiger charge is 2.16. The Bertz CT molecular complexity index is 588. The van der Waals surface area contributed by atoms with Crippen molar-refractivity contribution in [1.29, 1.82) is 0 Å². The molecule has 0 atom stereocenters. The average Bonchev–Trinajstić information content (AvgIpc) is 2.43. The molecule has 0 bridgehead atoms. The average molecular weight is 300 g/mol. The molecule has 20 heavy (non-hydrogen) atoms. The third kappa shape index (κ3) is 4.30. The summed E-state index contributed by atoms with van der Waals surface area (Å²) in [5.41, 5.74) is 1.16. The lowest BCUT2D eigenvalue weighted by molar-refractivity contribution is 0.0593. The van der Waals surface area contributed by atoms with Crippen LogP contribution in [0.1, 0.15) is 35.6 Å². The Hall–Kier alpha value is -1.96. The molecule has 0 spiro atoms. The van der Waals surface area contributed by atoms with Gasteiger partial charge in [-0.15, -0.1) is 0 Å². The van der Waals surface area contributed by atoms with Crippen molar-refractivity contribution in [3.05, 3.63) is 29.1 Å². The summed E-state index contributed by atoms with van der Waals surface area (Å²) in [6.45, 7) is 3.88.